The van der Waals surface area contributed by atoms with Crippen LogP contribution in [0.25, 0.3) is 0 Å². The van der Waals surface area contributed by atoms with Crippen molar-refractivity contribution in [1.82, 2.24) is 5.32 Å². The number of nitrogens with two attached hydrogens (primary N) is 1. The number of aliphatic carboxylic acids is 1. The summed E-state index contributed by atoms with van der Waals surface area (Å²) < 4.78 is 5.09. The third-order valence-corrected chi connectivity index (χ3v) is 3.31. The highest BCUT2D eigenvalue weighted by Gasteiger charge is 2.27. The van der Waals surface area contributed by atoms with Crippen LogP contribution in [0, 0.1) is 0 Å². The smallest absolute Gasteiger partial charge is 0.323 e. The summed E-state index contributed by atoms with van der Waals surface area (Å²) in [6.07, 6.45) is 5.47. The molecule has 0 spiro atoms. The van der Waals surface area contributed by atoms with Gasteiger partial charge in [-0.25, -0.2) is 0 Å². The van der Waals surface area contributed by atoms with E-state index < -0.39 is 18.1 Å². The van der Waals surface area contributed by atoms with Gasteiger partial charge in [-0.1, -0.05) is 12.8 Å². The zero-order chi connectivity index (χ0) is 14.1. The number of hydrogen-bond donors (Lipinski definition) is 3. The maximum atomic E-state index is 11.8. The lowest BCUT2D eigenvalue weighted by Crippen LogP contribution is -2.48. The number of carbonyl (C=O) groups is 2. The fourth-order valence-corrected chi connectivity index (χ4v) is 2.18. The standard InChI is InChI=1S/C13H24N2O4/c14-8-4-3-6-10(12(16)17)15-11-7-2-1-5-9-19-13(11)18/h10-11,15H,1-9,14H2,(H,16,17)/t10-,11?/m0/s1. The van der Waals surface area contributed by atoms with Gasteiger partial charge in [0.05, 0.1) is 6.61 Å². The molecule has 0 aliphatic carbocycles. The first-order valence-electron chi connectivity index (χ1n) is 7.00. The first-order valence-corrected chi connectivity index (χ1v) is 7.00. The molecule has 0 amide bonds. The molecule has 1 heterocycles. The normalized spacial score (nSPS) is 22.2. The molecule has 0 saturated carbocycles. The average Bonchev–Trinajstić information content (AvgIpc) is 2.36. The zero-order valence-corrected chi connectivity index (χ0v) is 11.3. The van der Waals surface area contributed by atoms with Crippen molar-refractivity contribution < 1.29 is 19.4 Å². The van der Waals surface area contributed by atoms with Crippen molar-refractivity contribution in [2.75, 3.05) is 13.2 Å². The number of carboxylic acid groups (broad SMARTS) is 1. The minimum Gasteiger partial charge on any atom is -0.480 e. The molecule has 0 bridgehead atoms. The van der Waals surface area contributed by atoms with E-state index in [2.05, 4.69) is 5.32 Å². The number of unbranched alkanes of at least 4 members (excludes halogenated alkanes) is 1. The van der Waals surface area contributed by atoms with Gasteiger partial charge in [-0.2, -0.15) is 0 Å². The monoisotopic (exact) mass is 272 g/mol. The number of carboxylic acids is 1. The van der Waals surface area contributed by atoms with Gasteiger partial charge in [-0.3, -0.25) is 14.9 Å². The number of rotatable bonds is 7. The number of cyclic esters (lactones) is 1. The molecule has 1 aliphatic rings. The topological polar surface area (TPSA) is 102 Å². The quantitative estimate of drug-likeness (QED) is 0.464. The van der Waals surface area contributed by atoms with E-state index in [1.54, 1.807) is 0 Å². The van der Waals surface area contributed by atoms with Crippen molar-refractivity contribution in [3.8, 4) is 0 Å². The van der Waals surface area contributed by atoms with Gasteiger partial charge >= 0.3 is 11.9 Å². The molecule has 0 aromatic heterocycles. The minimum atomic E-state index is -0.924. The summed E-state index contributed by atoms with van der Waals surface area (Å²) in [6, 6.07) is -1.21. The summed E-state index contributed by atoms with van der Waals surface area (Å²) in [6.45, 7) is 0.986. The summed E-state index contributed by atoms with van der Waals surface area (Å²) in [7, 11) is 0. The summed E-state index contributed by atoms with van der Waals surface area (Å²) in [5.74, 6) is -1.25. The summed E-state index contributed by atoms with van der Waals surface area (Å²) in [5.41, 5.74) is 5.39. The van der Waals surface area contributed by atoms with Crippen molar-refractivity contribution in [3.63, 3.8) is 0 Å². The highest BCUT2D eigenvalue weighted by Crippen LogP contribution is 2.12. The minimum absolute atomic E-state index is 0.329. The SMILES string of the molecule is NCCCC[C@H](NC1CCCCCOC1=O)C(=O)O. The Morgan fingerprint density at radius 3 is 2.89 bits per heavy atom. The molecule has 19 heavy (non-hydrogen) atoms. The molecule has 110 valence electrons. The molecule has 1 unspecified atom stereocenters. The molecule has 0 radical (unpaired) electrons. The predicted octanol–water partition coefficient (Wildman–Crippen LogP) is 0.644. The Morgan fingerprint density at radius 1 is 1.42 bits per heavy atom. The molecule has 1 saturated heterocycles. The summed E-state index contributed by atoms with van der Waals surface area (Å²) in [4.78, 5) is 22.9. The predicted molar refractivity (Wildman–Crippen MR) is 70.7 cm³/mol. The second kappa shape index (κ2) is 8.87. The van der Waals surface area contributed by atoms with Crippen molar-refractivity contribution in [2.24, 2.45) is 5.73 Å². The van der Waals surface area contributed by atoms with Crippen LogP contribution in [0.2, 0.25) is 0 Å². The first-order chi connectivity index (χ1) is 9.15. The van der Waals surface area contributed by atoms with E-state index in [9.17, 15) is 9.59 Å². The lowest BCUT2D eigenvalue weighted by Gasteiger charge is -2.23. The Kier molecular flexibility index (Phi) is 7.43. The van der Waals surface area contributed by atoms with Crippen LogP contribution in [0.1, 0.15) is 44.9 Å². The lowest BCUT2D eigenvalue weighted by atomic mass is 10.0. The van der Waals surface area contributed by atoms with E-state index >= 15 is 0 Å². The molecule has 4 N–H and O–H groups in total. The van der Waals surface area contributed by atoms with Crippen LogP contribution >= 0.6 is 0 Å². The number of ether oxygens (including phenoxy) is 1. The molecular weight excluding hydrogens is 248 g/mol. The number of esters is 1. The fourth-order valence-electron chi connectivity index (χ4n) is 2.18. The Bertz CT molecular complexity index is 296. The molecule has 2 atom stereocenters. The van der Waals surface area contributed by atoms with E-state index in [1.165, 1.54) is 0 Å². The molecule has 1 fully saturated rings. The first kappa shape index (κ1) is 15.9. The highest BCUT2D eigenvalue weighted by molar-refractivity contribution is 5.78. The van der Waals surface area contributed by atoms with Crippen LogP contribution in [0.4, 0.5) is 0 Å². The van der Waals surface area contributed by atoms with Gasteiger partial charge in [0.15, 0.2) is 0 Å². The molecule has 6 heteroatoms. The van der Waals surface area contributed by atoms with E-state index in [1.807, 2.05) is 0 Å². The van der Waals surface area contributed by atoms with Crippen LogP contribution < -0.4 is 11.1 Å². The summed E-state index contributed by atoms with van der Waals surface area (Å²) >= 11 is 0. The molecule has 1 rings (SSSR count). The highest BCUT2D eigenvalue weighted by atomic mass is 16.5. The number of nitrogens with one attached hydrogen (secondary N) is 1. The largest absolute Gasteiger partial charge is 0.480 e. The van der Waals surface area contributed by atoms with Gasteiger partial charge in [0.25, 0.3) is 0 Å². The van der Waals surface area contributed by atoms with Crippen molar-refractivity contribution in [3.05, 3.63) is 0 Å². The Labute approximate surface area is 113 Å². The maximum Gasteiger partial charge on any atom is 0.323 e. The van der Waals surface area contributed by atoms with E-state index in [-0.39, 0.29) is 5.97 Å². The Balaban J connectivity index is 2.49. The van der Waals surface area contributed by atoms with Crippen molar-refractivity contribution >= 4 is 11.9 Å². The van der Waals surface area contributed by atoms with E-state index in [4.69, 9.17) is 15.6 Å². The van der Waals surface area contributed by atoms with Crippen LogP contribution in [0.15, 0.2) is 0 Å². The van der Waals surface area contributed by atoms with Gasteiger partial charge in [0, 0.05) is 0 Å². The van der Waals surface area contributed by atoms with Crippen molar-refractivity contribution in [1.29, 1.82) is 0 Å². The van der Waals surface area contributed by atoms with Gasteiger partial charge in [-0.15, -0.1) is 0 Å². The zero-order valence-electron chi connectivity index (χ0n) is 11.3. The molecule has 6 nitrogen and oxygen atoms in total. The molecular formula is C13H24N2O4. The molecule has 0 aromatic rings. The number of carbonyl (C=O) groups excluding carboxylic acids is 1. The molecule has 1 aliphatic heterocycles. The lowest BCUT2D eigenvalue weighted by molar-refractivity contribution is -0.148. The van der Waals surface area contributed by atoms with Gasteiger partial charge in [-0.05, 0) is 38.6 Å². The second-order valence-electron chi connectivity index (χ2n) is 4.91. The van der Waals surface area contributed by atoms with Gasteiger partial charge < -0.3 is 15.6 Å². The maximum absolute atomic E-state index is 11.8. The third-order valence-electron chi connectivity index (χ3n) is 3.31. The van der Waals surface area contributed by atoms with Crippen LogP contribution in [0.3, 0.4) is 0 Å². The van der Waals surface area contributed by atoms with Crippen molar-refractivity contribution in [2.45, 2.75) is 57.0 Å². The fraction of sp³-hybridized carbons (Fsp3) is 0.846. The average molecular weight is 272 g/mol. The van der Waals surface area contributed by atoms with Crippen LogP contribution in [-0.2, 0) is 14.3 Å². The molecule has 0 aromatic carbocycles. The van der Waals surface area contributed by atoms with E-state index in [0.717, 1.165) is 32.1 Å². The summed E-state index contributed by atoms with van der Waals surface area (Å²) in [5, 5.41) is 12.1. The Hall–Kier alpha value is -1.14. The Morgan fingerprint density at radius 2 is 2.21 bits per heavy atom. The second-order valence-corrected chi connectivity index (χ2v) is 4.91. The van der Waals surface area contributed by atoms with Gasteiger partial charge in [0.2, 0.25) is 0 Å². The van der Waals surface area contributed by atoms with Crippen LogP contribution in [-0.4, -0.2) is 42.3 Å². The van der Waals surface area contributed by atoms with Crippen LogP contribution in [0.5, 0.6) is 0 Å². The van der Waals surface area contributed by atoms with Gasteiger partial charge in [0.1, 0.15) is 12.1 Å². The third kappa shape index (κ3) is 6.02. The van der Waals surface area contributed by atoms with E-state index in [0.29, 0.717) is 26.0 Å². The number of hydrogen-bond acceptors (Lipinski definition) is 5.